The standard InChI is InChI=1S/C9H18N2O3S/c1-15(13,14)8-2-5-11-6-3-9(10-12)4-7-11/h12H,2-8H2,1H3. The van der Waals surface area contributed by atoms with Crippen LogP contribution in [0.4, 0.5) is 0 Å². The van der Waals surface area contributed by atoms with Crippen LogP contribution in [0.5, 0.6) is 0 Å². The van der Waals surface area contributed by atoms with E-state index in [9.17, 15) is 8.42 Å². The number of likely N-dealkylation sites (tertiary alicyclic amines) is 1. The van der Waals surface area contributed by atoms with Gasteiger partial charge in [-0.3, -0.25) is 0 Å². The minimum atomic E-state index is -2.83. The zero-order valence-corrected chi connectivity index (χ0v) is 9.83. The lowest BCUT2D eigenvalue weighted by molar-refractivity contribution is 0.264. The molecule has 0 aromatic carbocycles. The molecule has 1 N–H and O–H groups in total. The van der Waals surface area contributed by atoms with Crippen molar-refractivity contribution in [2.75, 3.05) is 31.6 Å². The zero-order chi connectivity index (χ0) is 11.3. The minimum absolute atomic E-state index is 0.254. The highest BCUT2D eigenvalue weighted by atomic mass is 32.2. The molecule has 1 heterocycles. The van der Waals surface area contributed by atoms with Crippen LogP contribution in [0.15, 0.2) is 5.16 Å². The maximum Gasteiger partial charge on any atom is 0.147 e. The van der Waals surface area contributed by atoms with Crippen molar-refractivity contribution in [1.82, 2.24) is 4.90 Å². The minimum Gasteiger partial charge on any atom is -0.411 e. The predicted molar refractivity (Wildman–Crippen MR) is 59.2 cm³/mol. The maximum absolute atomic E-state index is 10.9. The van der Waals surface area contributed by atoms with E-state index < -0.39 is 9.84 Å². The predicted octanol–water partition coefficient (Wildman–Crippen LogP) is 0.347. The number of hydrogen-bond donors (Lipinski definition) is 1. The molecule has 0 aromatic rings. The van der Waals surface area contributed by atoms with Crippen LogP contribution in [-0.4, -0.2) is 55.9 Å². The monoisotopic (exact) mass is 234 g/mol. The smallest absolute Gasteiger partial charge is 0.147 e. The van der Waals surface area contributed by atoms with Crippen molar-refractivity contribution in [2.45, 2.75) is 19.3 Å². The van der Waals surface area contributed by atoms with Gasteiger partial charge in [-0.25, -0.2) is 8.42 Å². The van der Waals surface area contributed by atoms with E-state index in [0.29, 0.717) is 6.42 Å². The van der Waals surface area contributed by atoms with Crippen LogP contribution in [0.2, 0.25) is 0 Å². The van der Waals surface area contributed by atoms with Crippen LogP contribution in [0, 0.1) is 0 Å². The van der Waals surface area contributed by atoms with Gasteiger partial charge in [0.1, 0.15) is 9.84 Å². The molecule has 0 amide bonds. The van der Waals surface area contributed by atoms with Crippen molar-refractivity contribution < 1.29 is 13.6 Å². The van der Waals surface area contributed by atoms with E-state index >= 15 is 0 Å². The summed E-state index contributed by atoms with van der Waals surface area (Å²) in [6, 6.07) is 0. The zero-order valence-electron chi connectivity index (χ0n) is 9.02. The second-order valence-corrected chi connectivity index (χ2v) is 6.25. The first kappa shape index (κ1) is 12.4. The SMILES string of the molecule is CS(=O)(=O)CCCN1CCC(=NO)CC1. The maximum atomic E-state index is 10.9. The third kappa shape index (κ3) is 5.13. The number of oxime groups is 1. The third-order valence-corrected chi connectivity index (χ3v) is 3.59. The fraction of sp³-hybridized carbons (Fsp3) is 0.889. The van der Waals surface area contributed by atoms with Gasteiger partial charge in [-0.1, -0.05) is 5.16 Å². The Morgan fingerprint density at radius 2 is 2.00 bits per heavy atom. The second-order valence-electron chi connectivity index (χ2n) is 3.99. The average Bonchev–Trinajstić information content (AvgIpc) is 2.17. The fourth-order valence-corrected chi connectivity index (χ4v) is 2.34. The van der Waals surface area contributed by atoms with Gasteiger partial charge in [-0.15, -0.1) is 0 Å². The van der Waals surface area contributed by atoms with Crippen molar-refractivity contribution in [3.05, 3.63) is 0 Å². The summed E-state index contributed by atoms with van der Waals surface area (Å²) >= 11 is 0. The Morgan fingerprint density at radius 1 is 1.40 bits per heavy atom. The molecule has 0 saturated carbocycles. The molecule has 0 radical (unpaired) electrons. The van der Waals surface area contributed by atoms with Crippen LogP contribution in [0.3, 0.4) is 0 Å². The molecule has 1 saturated heterocycles. The molecule has 0 spiro atoms. The highest BCUT2D eigenvalue weighted by molar-refractivity contribution is 7.90. The summed E-state index contributed by atoms with van der Waals surface area (Å²) in [6.45, 7) is 2.54. The fourth-order valence-electron chi connectivity index (χ4n) is 1.69. The lowest BCUT2D eigenvalue weighted by Crippen LogP contribution is -2.35. The van der Waals surface area contributed by atoms with Gasteiger partial charge >= 0.3 is 0 Å². The highest BCUT2D eigenvalue weighted by Gasteiger charge is 2.15. The van der Waals surface area contributed by atoms with Gasteiger partial charge in [0, 0.05) is 32.2 Å². The van der Waals surface area contributed by atoms with Crippen molar-refractivity contribution in [1.29, 1.82) is 0 Å². The van der Waals surface area contributed by atoms with Crippen LogP contribution in [0.25, 0.3) is 0 Å². The van der Waals surface area contributed by atoms with E-state index in [1.54, 1.807) is 0 Å². The Bertz CT molecular complexity index is 314. The van der Waals surface area contributed by atoms with Crippen molar-refractivity contribution >= 4 is 15.5 Å². The van der Waals surface area contributed by atoms with Crippen LogP contribution >= 0.6 is 0 Å². The Balaban J connectivity index is 2.19. The molecule has 88 valence electrons. The van der Waals surface area contributed by atoms with E-state index in [2.05, 4.69) is 10.1 Å². The van der Waals surface area contributed by atoms with Crippen molar-refractivity contribution in [3.63, 3.8) is 0 Å². The molecule has 1 fully saturated rings. The topological polar surface area (TPSA) is 70.0 Å². The molecule has 0 aromatic heterocycles. The molecule has 15 heavy (non-hydrogen) atoms. The van der Waals surface area contributed by atoms with E-state index in [0.717, 1.165) is 38.2 Å². The number of sulfone groups is 1. The first-order valence-corrected chi connectivity index (χ1v) is 7.17. The van der Waals surface area contributed by atoms with Gasteiger partial charge in [0.05, 0.1) is 11.5 Å². The summed E-state index contributed by atoms with van der Waals surface area (Å²) in [4.78, 5) is 2.21. The summed E-state index contributed by atoms with van der Waals surface area (Å²) in [5, 5.41) is 11.7. The van der Waals surface area contributed by atoms with Crippen LogP contribution < -0.4 is 0 Å². The van der Waals surface area contributed by atoms with Crippen LogP contribution in [-0.2, 0) is 9.84 Å². The lowest BCUT2D eigenvalue weighted by atomic mass is 10.1. The first-order chi connectivity index (χ1) is 7.01. The average molecular weight is 234 g/mol. The highest BCUT2D eigenvalue weighted by Crippen LogP contribution is 2.07. The molecular formula is C9H18N2O3S. The lowest BCUT2D eigenvalue weighted by Gasteiger charge is -2.26. The summed E-state index contributed by atoms with van der Waals surface area (Å²) in [5.41, 5.74) is 0.842. The molecule has 0 unspecified atom stereocenters. The summed E-state index contributed by atoms with van der Waals surface area (Å²) in [7, 11) is -2.83. The Labute approximate surface area is 90.7 Å². The van der Waals surface area contributed by atoms with Gasteiger partial charge in [0.15, 0.2) is 0 Å². The second kappa shape index (κ2) is 5.46. The third-order valence-electron chi connectivity index (χ3n) is 2.56. The van der Waals surface area contributed by atoms with Gasteiger partial charge in [-0.2, -0.15) is 0 Å². The largest absolute Gasteiger partial charge is 0.411 e. The van der Waals surface area contributed by atoms with E-state index in [1.807, 2.05) is 0 Å². The molecule has 0 aliphatic carbocycles. The number of rotatable bonds is 4. The van der Waals surface area contributed by atoms with Gasteiger partial charge in [0.2, 0.25) is 0 Å². The summed E-state index contributed by atoms with van der Waals surface area (Å²) in [6.07, 6.45) is 3.52. The van der Waals surface area contributed by atoms with Gasteiger partial charge in [0.25, 0.3) is 0 Å². The van der Waals surface area contributed by atoms with Crippen molar-refractivity contribution in [2.24, 2.45) is 5.16 Å². The number of piperidine rings is 1. The molecule has 1 aliphatic rings. The molecule has 1 rings (SSSR count). The molecule has 5 nitrogen and oxygen atoms in total. The molecule has 6 heteroatoms. The Kier molecular flexibility index (Phi) is 4.53. The van der Waals surface area contributed by atoms with E-state index in [1.165, 1.54) is 6.26 Å². The first-order valence-electron chi connectivity index (χ1n) is 5.11. The van der Waals surface area contributed by atoms with Gasteiger partial charge < -0.3 is 10.1 Å². The Morgan fingerprint density at radius 3 is 2.47 bits per heavy atom. The van der Waals surface area contributed by atoms with Crippen LogP contribution in [0.1, 0.15) is 19.3 Å². The quantitative estimate of drug-likeness (QED) is 0.563. The number of nitrogens with zero attached hydrogens (tertiary/aromatic N) is 2. The molecule has 1 aliphatic heterocycles. The normalized spacial score (nSPS) is 19.1. The summed E-state index contributed by atoms with van der Waals surface area (Å²) < 4.78 is 21.8. The Hall–Kier alpha value is -0.620. The van der Waals surface area contributed by atoms with Gasteiger partial charge in [-0.05, 0) is 13.0 Å². The summed E-state index contributed by atoms with van der Waals surface area (Å²) in [5.74, 6) is 0.254. The number of hydrogen-bond acceptors (Lipinski definition) is 5. The molecule has 0 atom stereocenters. The van der Waals surface area contributed by atoms with E-state index in [4.69, 9.17) is 5.21 Å². The molecular weight excluding hydrogens is 216 g/mol. The van der Waals surface area contributed by atoms with E-state index in [-0.39, 0.29) is 5.75 Å². The molecule has 0 bridgehead atoms. The van der Waals surface area contributed by atoms with Crippen molar-refractivity contribution in [3.8, 4) is 0 Å².